The van der Waals surface area contributed by atoms with Gasteiger partial charge in [-0.3, -0.25) is 5.32 Å². The zero-order valence-corrected chi connectivity index (χ0v) is 18.9. The number of benzene rings is 1. The molecule has 1 aromatic heterocycles. The smallest absolute Gasteiger partial charge is 0.321 e. The molecule has 0 spiro atoms. The van der Waals surface area contributed by atoms with Crippen molar-refractivity contribution in [1.29, 1.82) is 0 Å². The average molecular weight is 430 g/mol. The highest BCUT2D eigenvalue weighted by Crippen LogP contribution is 2.32. The van der Waals surface area contributed by atoms with E-state index in [9.17, 15) is 4.79 Å². The largest absolute Gasteiger partial charge is 0.493 e. The molecule has 2 N–H and O–H groups in total. The van der Waals surface area contributed by atoms with Crippen LogP contribution in [0.2, 0.25) is 0 Å². The van der Waals surface area contributed by atoms with Crippen molar-refractivity contribution >= 4 is 23.7 Å². The van der Waals surface area contributed by atoms with E-state index in [2.05, 4.69) is 64.7 Å². The van der Waals surface area contributed by atoms with E-state index in [1.165, 1.54) is 18.2 Å². The molecule has 3 atom stereocenters. The van der Waals surface area contributed by atoms with Crippen LogP contribution in [0.4, 0.5) is 10.7 Å². The molecule has 8 heteroatoms. The first kappa shape index (κ1) is 22.3. The quantitative estimate of drug-likeness (QED) is 0.713. The van der Waals surface area contributed by atoms with E-state index in [-0.39, 0.29) is 29.4 Å². The third-order valence-corrected chi connectivity index (χ3v) is 6.58. The molecule has 1 aromatic carbocycles. The van der Waals surface area contributed by atoms with Gasteiger partial charge in [0.25, 0.3) is 0 Å². The van der Waals surface area contributed by atoms with E-state index in [1.54, 1.807) is 0 Å². The Bertz CT molecular complexity index is 811. The topological polar surface area (TPSA) is 89.0 Å². The third-order valence-electron chi connectivity index (χ3n) is 5.49. The Morgan fingerprint density at radius 1 is 1.17 bits per heavy atom. The van der Waals surface area contributed by atoms with Gasteiger partial charge in [-0.25, -0.2) is 19.7 Å². The number of carbonyl (C=O) groups is 1. The van der Waals surface area contributed by atoms with Crippen LogP contribution in [0.25, 0.3) is 0 Å². The van der Waals surface area contributed by atoms with Crippen LogP contribution in [0.1, 0.15) is 45.6 Å². The highest BCUT2D eigenvalue weighted by Gasteiger charge is 2.32. The van der Waals surface area contributed by atoms with Crippen molar-refractivity contribution in [2.75, 3.05) is 18.2 Å². The summed E-state index contributed by atoms with van der Waals surface area (Å²) in [5.74, 6) is 1.34. The van der Waals surface area contributed by atoms with E-state index in [1.807, 2.05) is 23.9 Å². The maximum absolute atomic E-state index is 12.4. The molecule has 0 aliphatic heterocycles. The predicted molar refractivity (Wildman–Crippen MR) is 121 cm³/mol. The zero-order chi connectivity index (χ0) is 21.6. The van der Waals surface area contributed by atoms with Gasteiger partial charge in [-0.2, -0.15) is 11.8 Å². The molecule has 1 fully saturated rings. The summed E-state index contributed by atoms with van der Waals surface area (Å²) in [4.78, 5) is 24.0. The van der Waals surface area contributed by atoms with Crippen molar-refractivity contribution in [3.63, 3.8) is 0 Å². The van der Waals surface area contributed by atoms with Crippen molar-refractivity contribution < 1.29 is 9.53 Å². The Hall–Kier alpha value is -2.35. The molecule has 1 aliphatic rings. The standard InChI is InChI=1S/C22H31N5O2S/c1-22(2,3)16-5-7-17(8-6-16)29-12-15-11-18(30-4)9-10-19(15)26-21(28)27-20-24-13-23-14-25-20/h5-8,13-15,18-19H,9-12H2,1-4H3,(H2,23,24,25,26,27,28). The number of nitrogens with one attached hydrogen (secondary N) is 2. The van der Waals surface area contributed by atoms with Crippen LogP contribution in [0.15, 0.2) is 36.9 Å². The maximum atomic E-state index is 12.4. The minimum Gasteiger partial charge on any atom is -0.493 e. The number of hydrogen-bond acceptors (Lipinski definition) is 6. The van der Waals surface area contributed by atoms with Crippen LogP contribution in [0, 0.1) is 5.92 Å². The van der Waals surface area contributed by atoms with Crippen molar-refractivity contribution in [2.45, 2.75) is 56.7 Å². The van der Waals surface area contributed by atoms with Gasteiger partial charge in [-0.1, -0.05) is 32.9 Å². The molecule has 3 rings (SSSR count). The highest BCUT2D eigenvalue weighted by molar-refractivity contribution is 7.99. The fourth-order valence-electron chi connectivity index (χ4n) is 3.67. The lowest BCUT2D eigenvalue weighted by Gasteiger charge is -2.35. The van der Waals surface area contributed by atoms with E-state index < -0.39 is 0 Å². The molecule has 0 saturated heterocycles. The summed E-state index contributed by atoms with van der Waals surface area (Å²) in [5.41, 5.74) is 1.40. The summed E-state index contributed by atoms with van der Waals surface area (Å²) >= 11 is 1.89. The van der Waals surface area contributed by atoms with Crippen LogP contribution in [-0.2, 0) is 5.41 Å². The Morgan fingerprint density at radius 2 is 1.87 bits per heavy atom. The van der Waals surface area contributed by atoms with Gasteiger partial charge < -0.3 is 10.1 Å². The summed E-state index contributed by atoms with van der Waals surface area (Å²) in [6.07, 6.45) is 7.87. The molecule has 7 nitrogen and oxygen atoms in total. The summed E-state index contributed by atoms with van der Waals surface area (Å²) < 4.78 is 6.12. The first-order valence-corrected chi connectivity index (χ1v) is 11.6. The van der Waals surface area contributed by atoms with Gasteiger partial charge in [0.05, 0.1) is 6.61 Å². The number of urea groups is 1. The normalized spacial score (nSPS) is 21.7. The zero-order valence-electron chi connectivity index (χ0n) is 18.1. The van der Waals surface area contributed by atoms with Crippen LogP contribution in [-0.4, -0.2) is 45.1 Å². The Kier molecular flexibility index (Phi) is 7.53. The number of amides is 2. The molecule has 1 saturated carbocycles. The second kappa shape index (κ2) is 10.1. The number of anilines is 1. The van der Waals surface area contributed by atoms with E-state index in [0.717, 1.165) is 25.0 Å². The fraction of sp³-hybridized carbons (Fsp3) is 0.545. The Morgan fingerprint density at radius 3 is 2.50 bits per heavy atom. The number of hydrogen-bond donors (Lipinski definition) is 2. The van der Waals surface area contributed by atoms with Crippen LogP contribution < -0.4 is 15.4 Å². The predicted octanol–water partition coefficient (Wildman–Crippen LogP) is 4.27. The lowest BCUT2D eigenvalue weighted by molar-refractivity contribution is 0.172. The third kappa shape index (κ3) is 6.32. The summed E-state index contributed by atoms with van der Waals surface area (Å²) in [6, 6.07) is 8.06. The number of carbonyl (C=O) groups excluding carboxylic acids is 1. The molecule has 1 heterocycles. The van der Waals surface area contributed by atoms with Gasteiger partial charge in [-0.05, 0) is 48.6 Å². The number of rotatable bonds is 6. The first-order valence-electron chi connectivity index (χ1n) is 10.3. The Balaban J connectivity index is 1.59. The molecule has 0 radical (unpaired) electrons. The average Bonchev–Trinajstić information content (AvgIpc) is 2.73. The molecule has 2 aromatic rings. The minimum absolute atomic E-state index is 0.0454. The molecule has 2 amide bonds. The summed E-state index contributed by atoms with van der Waals surface area (Å²) in [6.45, 7) is 7.17. The summed E-state index contributed by atoms with van der Waals surface area (Å²) in [5, 5.41) is 6.35. The van der Waals surface area contributed by atoms with Crippen LogP contribution >= 0.6 is 11.8 Å². The SMILES string of the molecule is CSC1CCC(NC(=O)Nc2ncncn2)C(COc2ccc(C(C)(C)C)cc2)C1. The van der Waals surface area contributed by atoms with Gasteiger partial charge >= 0.3 is 6.03 Å². The Labute approximate surface area is 182 Å². The molecule has 162 valence electrons. The number of ether oxygens (including phenoxy) is 1. The lowest BCUT2D eigenvalue weighted by atomic mass is 9.84. The van der Waals surface area contributed by atoms with Crippen molar-refractivity contribution in [2.24, 2.45) is 5.92 Å². The molecule has 3 unspecified atom stereocenters. The first-order chi connectivity index (χ1) is 14.3. The number of aromatic nitrogens is 3. The molecule has 1 aliphatic carbocycles. The van der Waals surface area contributed by atoms with Crippen LogP contribution in [0.3, 0.4) is 0 Å². The van der Waals surface area contributed by atoms with Gasteiger partial charge in [0.2, 0.25) is 5.95 Å². The highest BCUT2D eigenvalue weighted by atomic mass is 32.2. The van der Waals surface area contributed by atoms with Crippen LogP contribution in [0.5, 0.6) is 5.75 Å². The lowest BCUT2D eigenvalue weighted by Crippen LogP contribution is -2.47. The molecule has 30 heavy (non-hydrogen) atoms. The van der Waals surface area contributed by atoms with Gasteiger partial charge in [0, 0.05) is 17.2 Å². The molecular formula is C22H31N5O2S. The van der Waals surface area contributed by atoms with Gasteiger partial charge in [0.15, 0.2) is 0 Å². The maximum Gasteiger partial charge on any atom is 0.321 e. The monoisotopic (exact) mass is 429 g/mol. The van der Waals surface area contributed by atoms with Gasteiger partial charge in [0.1, 0.15) is 18.4 Å². The molecular weight excluding hydrogens is 398 g/mol. The van der Waals surface area contributed by atoms with Gasteiger partial charge in [-0.15, -0.1) is 0 Å². The van der Waals surface area contributed by atoms with E-state index >= 15 is 0 Å². The minimum atomic E-state index is -0.298. The number of nitrogens with zero attached hydrogens (tertiary/aromatic N) is 3. The van der Waals surface area contributed by atoms with Crippen molar-refractivity contribution in [1.82, 2.24) is 20.3 Å². The second-order valence-corrected chi connectivity index (χ2v) is 9.82. The summed E-state index contributed by atoms with van der Waals surface area (Å²) in [7, 11) is 0. The molecule has 0 bridgehead atoms. The van der Waals surface area contributed by atoms with E-state index in [0.29, 0.717) is 11.9 Å². The van der Waals surface area contributed by atoms with Crippen molar-refractivity contribution in [3.8, 4) is 5.75 Å². The van der Waals surface area contributed by atoms with E-state index in [4.69, 9.17) is 4.74 Å². The van der Waals surface area contributed by atoms with Crippen molar-refractivity contribution in [3.05, 3.63) is 42.5 Å². The fourth-order valence-corrected chi connectivity index (χ4v) is 4.48. The number of thioether (sulfide) groups is 1. The second-order valence-electron chi connectivity index (χ2n) is 8.68.